The van der Waals surface area contributed by atoms with E-state index in [0.717, 1.165) is 12.8 Å². The Hall–Kier alpha value is -1.85. The van der Waals surface area contributed by atoms with Crippen molar-refractivity contribution in [2.24, 2.45) is 5.92 Å². The summed E-state index contributed by atoms with van der Waals surface area (Å²) in [5.41, 5.74) is 0.256. The maximum absolute atomic E-state index is 13.4. The third kappa shape index (κ3) is 3.15. The van der Waals surface area contributed by atoms with E-state index in [1.807, 2.05) is 0 Å². The molecule has 0 bridgehead atoms. The van der Waals surface area contributed by atoms with Crippen molar-refractivity contribution in [3.8, 4) is 11.5 Å². The third-order valence-electron chi connectivity index (χ3n) is 4.17. The van der Waals surface area contributed by atoms with Crippen LogP contribution < -0.4 is 9.47 Å². The molecule has 2 aliphatic rings. The molecule has 1 saturated carbocycles. The fraction of sp³-hybridized carbons (Fsp3) is 0.562. The number of halogens is 2. The highest BCUT2D eigenvalue weighted by atomic mass is 19.3. The van der Waals surface area contributed by atoms with Crippen LogP contribution in [-0.2, 0) is 4.79 Å². The summed E-state index contributed by atoms with van der Waals surface area (Å²) >= 11 is 0. The van der Waals surface area contributed by atoms with Crippen molar-refractivity contribution in [3.05, 3.63) is 23.3 Å². The van der Waals surface area contributed by atoms with Crippen LogP contribution in [0.25, 0.3) is 0 Å². The Morgan fingerprint density at radius 1 is 1.18 bits per heavy atom. The minimum absolute atomic E-state index is 0.135. The van der Waals surface area contributed by atoms with Crippen molar-refractivity contribution in [2.75, 3.05) is 13.2 Å². The Morgan fingerprint density at radius 2 is 1.77 bits per heavy atom. The van der Waals surface area contributed by atoms with E-state index in [-0.39, 0.29) is 17.9 Å². The fourth-order valence-corrected chi connectivity index (χ4v) is 2.97. The number of carboxylic acids is 1. The van der Waals surface area contributed by atoms with Crippen LogP contribution in [0.3, 0.4) is 0 Å². The van der Waals surface area contributed by atoms with Gasteiger partial charge < -0.3 is 14.6 Å². The van der Waals surface area contributed by atoms with Crippen LogP contribution in [0.1, 0.15) is 49.2 Å². The van der Waals surface area contributed by atoms with E-state index in [0.29, 0.717) is 36.7 Å². The van der Waals surface area contributed by atoms with Crippen molar-refractivity contribution in [1.29, 1.82) is 0 Å². The van der Waals surface area contributed by atoms with E-state index in [1.54, 1.807) is 6.07 Å². The zero-order valence-electron chi connectivity index (χ0n) is 12.1. The SMILES string of the molecule is O=C(O)CC(c1cc2c(cc1C(F)F)OCCCO2)C1CC1. The lowest BCUT2D eigenvalue weighted by Gasteiger charge is -2.21. The monoisotopic (exact) mass is 312 g/mol. The Kier molecular flexibility index (Phi) is 4.18. The van der Waals surface area contributed by atoms with Gasteiger partial charge in [-0.1, -0.05) is 0 Å². The van der Waals surface area contributed by atoms with Crippen molar-refractivity contribution in [2.45, 2.75) is 38.0 Å². The number of fused-ring (bicyclic) bond motifs is 1. The second-order valence-electron chi connectivity index (χ2n) is 5.82. The number of rotatable bonds is 5. The van der Waals surface area contributed by atoms with Crippen LogP contribution in [0.15, 0.2) is 12.1 Å². The normalized spacial score (nSPS) is 18.9. The van der Waals surface area contributed by atoms with Crippen molar-refractivity contribution < 1.29 is 28.2 Å². The molecule has 0 amide bonds. The van der Waals surface area contributed by atoms with Gasteiger partial charge in [-0.25, -0.2) is 8.78 Å². The van der Waals surface area contributed by atoms with Gasteiger partial charge >= 0.3 is 5.97 Å². The Morgan fingerprint density at radius 3 is 2.27 bits per heavy atom. The molecule has 1 unspecified atom stereocenters. The molecule has 3 rings (SSSR count). The molecule has 1 aromatic rings. The Labute approximate surface area is 127 Å². The molecule has 6 heteroatoms. The quantitative estimate of drug-likeness (QED) is 0.899. The Bertz CT molecular complexity index is 570. The standard InChI is InChI=1S/C16H18F2O4/c17-16(18)12-7-14-13(21-4-1-5-22-14)6-11(12)10(8-15(19)20)9-2-3-9/h6-7,9-10,16H,1-5,8H2,(H,19,20). The molecule has 1 heterocycles. The summed E-state index contributed by atoms with van der Waals surface area (Å²) in [4.78, 5) is 11.1. The number of hydrogen-bond donors (Lipinski definition) is 1. The molecule has 0 spiro atoms. The topological polar surface area (TPSA) is 55.8 Å². The summed E-state index contributed by atoms with van der Waals surface area (Å²) in [5.74, 6) is -0.435. The second-order valence-corrected chi connectivity index (χ2v) is 5.82. The smallest absolute Gasteiger partial charge is 0.303 e. The number of hydrogen-bond acceptors (Lipinski definition) is 3. The predicted molar refractivity (Wildman–Crippen MR) is 74.7 cm³/mol. The first-order chi connectivity index (χ1) is 10.6. The van der Waals surface area contributed by atoms with Gasteiger partial charge in [-0.3, -0.25) is 4.79 Å². The van der Waals surface area contributed by atoms with Gasteiger partial charge in [0.2, 0.25) is 0 Å². The van der Waals surface area contributed by atoms with E-state index in [2.05, 4.69) is 0 Å². The summed E-state index contributed by atoms with van der Waals surface area (Å²) in [7, 11) is 0. The van der Waals surface area contributed by atoms with Gasteiger partial charge in [-0.15, -0.1) is 0 Å². The predicted octanol–water partition coefficient (Wildman–Crippen LogP) is 3.75. The van der Waals surface area contributed by atoms with Gasteiger partial charge in [-0.05, 0) is 42.4 Å². The molecule has 1 fully saturated rings. The first kappa shape index (κ1) is 15.1. The average Bonchev–Trinajstić information content (AvgIpc) is 3.29. The molecule has 22 heavy (non-hydrogen) atoms. The minimum Gasteiger partial charge on any atom is -0.490 e. The van der Waals surface area contributed by atoms with Gasteiger partial charge in [0.05, 0.1) is 19.6 Å². The zero-order chi connectivity index (χ0) is 15.7. The van der Waals surface area contributed by atoms with Gasteiger partial charge in [0.1, 0.15) is 0 Å². The van der Waals surface area contributed by atoms with Crippen molar-refractivity contribution in [1.82, 2.24) is 0 Å². The van der Waals surface area contributed by atoms with Crippen LogP contribution in [0.5, 0.6) is 11.5 Å². The molecule has 1 aliphatic heterocycles. The summed E-state index contributed by atoms with van der Waals surface area (Å²) in [5, 5.41) is 9.09. The molecule has 1 aromatic carbocycles. The highest BCUT2D eigenvalue weighted by Crippen LogP contribution is 2.49. The molecule has 1 N–H and O–H groups in total. The number of carbonyl (C=O) groups is 1. The van der Waals surface area contributed by atoms with E-state index in [4.69, 9.17) is 14.6 Å². The van der Waals surface area contributed by atoms with E-state index in [9.17, 15) is 13.6 Å². The zero-order valence-corrected chi connectivity index (χ0v) is 12.1. The first-order valence-corrected chi connectivity index (χ1v) is 7.49. The summed E-state index contributed by atoms with van der Waals surface area (Å²) in [6.45, 7) is 0.893. The molecule has 0 radical (unpaired) electrons. The largest absolute Gasteiger partial charge is 0.490 e. The van der Waals surface area contributed by atoms with Gasteiger partial charge in [0, 0.05) is 12.0 Å². The molecular weight excluding hydrogens is 294 g/mol. The molecule has 1 aliphatic carbocycles. The first-order valence-electron chi connectivity index (χ1n) is 7.49. The minimum atomic E-state index is -2.66. The maximum atomic E-state index is 13.4. The van der Waals surface area contributed by atoms with Crippen LogP contribution in [0.4, 0.5) is 8.78 Å². The lowest BCUT2D eigenvalue weighted by molar-refractivity contribution is -0.137. The van der Waals surface area contributed by atoms with Gasteiger partial charge in [-0.2, -0.15) is 0 Å². The van der Waals surface area contributed by atoms with Gasteiger partial charge in [0.25, 0.3) is 6.43 Å². The highest BCUT2D eigenvalue weighted by Gasteiger charge is 2.37. The van der Waals surface area contributed by atoms with E-state index < -0.39 is 18.3 Å². The van der Waals surface area contributed by atoms with Crippen LogP contribution in [-0.4, -0.2) is 24.3 Å². The van der Waals surface area contributed by atoms with Crippen LogP contribution >= 0.6 is 0 Å². The number of alkyl halides is 2. The van der Waals surface area contributed by atoms with Crippen LogP contribution in [0.2, 0.25) is 0 Å². The molecule has 4 nitrogen and oxygen atoms in total. The number of ether oxygens (including phenoxy) is 2. The average molecular weight is 312 g/mol. The van der Waals surface area contributed by atoms with Crippen LogP contribution in [0, 0.1) is 5.92 Å². The number of carboxylic acid groups (broad SMARTS) is 1. The maximum Gasteiger partial charge on any atom is 0.303 e. The molecule has 120 valence electrons. The Balaban J connectivity index is 2.03. The highest BCUT2D eigenvalue weighted by molar-refractivity contribution is 5.68. The van der Waals surface area contributed by atoms with E-state index in [1.165, 1.54) is 6.07 Å². The van der Waals surface area contributed by atoms with Crippen molar-refractivity contribution in [3.63, 3.8) is 0 Å². The molecule has 0 aromatic heterocycles. The summed E-state index contributed by atoms with van der Waals surface area (Å²) < 4.78 is 37.9. The molecule has 0 saturated heterocycles. The number of aliphatic carboxylic acids is 1. The lowest BCUT2D eigenvalue weighted by Crippen LogP contribution is -2.11. The van der Waals surface area contributed by atoms with E-state index >= 15 is 0 Å². The lowest BCUT2D eigenvalue weighted by atomic mass is 9.87. The summed E-state index contributed by atoms with van der Waals surface area (Å²) in [6, 6.07) is 2.88. The fourth-order valence-electron chi connectivity index (χ4n) is 2.97. The van der Waals surface area contributed by atoms with Gasteiger partial charge in [0.15, 0.2) is 11.5 Å². The third-order valence-corrected chi connectivity index (χ3v) is 4.17. The van der Waals surface area contributed by atoms with Crippen molar-refractivity contribution >= 4 is 5.97 Å². The molecular formula is C16H18F2O4. The molecule has 1 atom stereocenters. The summed E-state index contributed by atoms with van der Waals surface area (Å²) in [6.07, 6.45) is -0.342. The number of benzene rings is 1. The second kappa shape index (κ2) is 6.10.